The summed E-state index contributed by atoms with van der Waals surface area (Å²) in [6, 6.07) is -0.761. The molecule has 2 atom stereocenters. The van der Waals surface area contributed by atoms with Crippen molar-refractivity contribution in [1.29, 1.82) is 0 Å². The SMILES string of the molecule is CC.CNC(=O)[C@@H](NC(=O)[C@@H](NC)C(C)C)C(C)C. The third-order valence-electron chi connectivity index (χ3n) is 2.75. The summed E-state index contributed by atoms with van der Waals surface area (Å²) < 4.78 is 0. The maximum Gasteiger partial charge on any atom is 0.242 e. The van der Waals surface area contributed by atoms with Crippen LogP contribution in [0.3, 0.4) is 0 Å². The molecule has 2 amide bonds. The van der Waals surface area contributed by atoms with Crippen molar-refractivity contribution >= 4 is 11.8 Å². The van der Waals surface area contributed by atoms with Gasteiger partial charge in [-0.1, -0.05) is 41.5 Å². The van der Waals surface area contributed by atoms with Gasteiger partial charge in [-0.3, -0.25) is 9.59 Å². The lowest BCUT2D eigenvalue weighted by Gasteiger charge is -2.25. The Balaban J connectivity index is 0. The van der Waals surface area contributed by atoms with Gasteiger partial charge in [-0.15, -0.1) is 0 Å². The fourth-order valence-corrected chi connectivity index (χ4v) is 1.70. The van der Waals surface area contributed by atoms with Gasteiger partial charge in [-0.2, -0.15) is 0 Å². The summed E-state index contributed by atoms with van der Waals surface area (Å²) in [6.45, 7) is 11.7. The van der Waals surface area contributed by atoms with E-state index in [2.05, 4.69) is 16.0 Å². The molecule has 0 saturated heterocycles. The quantitative estimate of drug-likeness (QED) is 0.680. The first kappa shape index (κ1) is 20.2. The molecule has 0 rings (SSSR count). The van der Waals surface area contributed by atoms with Crippen molar-refractivity contribution < 1.29 is 9.59 Å². The first-order chi connectivity index (χ1) is 8.84. The van der Waals surface area contributed by atoms with Crippen LogP contribution < -0.4 is 16.0 Å². The first-order valence-corrected chi connectivity index (χ1v) is 7.04. The Kier molecular flexibility index (Phi) is 11.5. The zero-order chi connectivity index (χ0) is 15.6. The minimum atomic E-state index is -0.484. The van der Waals surface area contributed by atoms with E-state index in [1.54, 1.807) is 14.1 Å². The van der Waals surface area contributed by atoms with E-state index in [0.717, 1.165) is 0 Å². The summed E-state index contributed by atoms with van der Waals surface area (Å²) in [4.78, 5) is 23.6. The van der Waals surface area contributed by atoms with E-state index in [9.17, 15) is 9.59 Å². The number of carbonyl (C=O) groups is 2. The van der Waals surface area contributed by atoms with Crippen LogP contribution in [0.2, 0.25) is 0 Å². The first-order valence-electron chi connectivity index (χ1n) is 7.04. The predicted octanol–water partition coefficient (Wildman–Crippen LogP) is 1.14. The lowest BCUT2D eigenvalue weighted by Crippen LogP contribution is -2.55. The Hall–Kier alpha value is -1.10. The molecule has 114 valence electrons. The van der Waals surface area contributed by atoms with Gasteiger partial charge in [-0.25, -0.2) is 0 Å². The second-order valence-corrected chi connectivity index (χ2v) is 4.85. The number of amides is 2. The van der Waals surface area contributed by atoms with E-state index in [-0.39, 0.29) is 29.7 Å². The number of carbonyl (C=O) groups excluding carboxylic acids is 2. The van der Waals surface area contributed by atoms with Gasteiger partial charge in [0.25, 0.3) is 0 Å². The van der Waals surface area contributed by atoms with Crippen LogP contribution >= 0.6 is 0 Å². The summed E-state index contributed by atoms with van der Waals surface area (Å²) >= 11 is 0. The van der Waals surface area contributed by atoms with E-state index >= 15 is 0 Å². The molecular weight excluding hydrogens is 242 g/mol. The minimum Gasteiger partial charge on any atom is -0.357 e. The third-order valence-corrected chi connectivity index (χ3v) is 2.75. The van der Waals surface area contributed by atoms with Gasteiger partial charge in [0, 0.05) is 7.05 Å². The Morgan fingerprint density at radius 1 is 0.789 bits per heavy atom. The highest BCUT2D eigenvalue weighted by atomic mass is 16.2. The maximum atomic E-state index is 12.0. The normalized spacial score (nSPS) is 13.4. The third kappa shape index (κ3) is 7.15. The molecule has 0 fully saturated rings. The zero-order valence-corrected chi connectivity index (χ0v) is 13.6. The van der Waals surface area contributed by atoms with Gasteiger partial charge in [0.05, 0.1) is 6.04 Å². The molecule has 5 heteroatoms. The number of hydrogen-bond acceptors (Lipinski definition) is 3. The number of rotatable bonds is 6. The van der Waals surface area contributed by atoms with Crippen molar-refractivity contribution in [1.82, 2.24) is 16.0 Å². The van der Waals surface area contributed by atoms with Crippen LogP contribution in [0.1, 0.15) is 41.5 Å². The lowest BCUT2D eigenvalue weighted by molar-refractivity contribution is -0.131. The molecule has 0 aromatic rings. The maximum absolute atomic E-state index is 12.0. The minimum absolute atomic E-state index is 0.0589. The van der Waals surface area contributed by atoms with Gasteiger partial charge < -0.3 is 16.0 Å². The average Bonchev–Trinajstić information content (AvgIpc) is 2.37. The van der Waals surface area contributed by atoms with Crippen molar-refractivity contribution in [2.45, 2.75) is 53.6 Å². The Bertz CT molecular complexity index is 265. The highest BCUT2D eigenvalue weighted by Crippen LogP contribution is 2.05. The highest BCUT2D eigenvalue weighted by Gasteiger charge is 2.27. The largest absolute Gasteiger partial charge is 0.357 e. The molecule has 0 aliphatic carbocycles. The molecule has 3 N–H and O–H groups in total. The van der Waals surface area contributed by atoms with Gasteiger partial charge in [0.1, 0.15) is 6.04 Å². The summed E-state index contributed by atoms with van der Waals surface area (Å²) in [5.74, 6) is -0.0576. The molecule has 0 aromatic carbocycles. The molecule has 0 saturated carbocycles. The van der Waals surface area contributed by atoms with E-state index in [0.29, 0.717) is 0 Å². The molecule has 0 aliphatic rings. The molecule has 0 heterocycles. The molecule has 0 unspecified atom stereocenters. The van der Waals surface area contributed by atoms with Crippen LogP contribution in [0.5, 0.6) is 0 Å². The Morgan fingerprint density at radius 2 is 1.21 bits per heavy atom. The van der Waals surface area contributed by atoms with E-state index in [1.165, 1.54) is 0 Å². The zero-order valence-electron chi connectivity index (χ0n) is 13.6. The van der Waals surface area contributed by atoms with E-state index in [4.69, 9.17) is 0 Å². The van der Waals surface area contributed by atoms with Gasteiger partial charge in [-0.05, 0) is 18.9 Å². The molecule has 0 bridgehead atoms. The highest BCUT2D eigenvalue weighted by molar-refractivity contribution is 5.89. The van der Waals surface area contributed by atoms with Crippen LogP contribution in [0.25, 0.3) is 0 Å². The monoisotopic (exact) mass is 273 g/mol. The molecule has 0 aromatic heterocycles. The van der Waals surface area contributed by atoms with Crippen LogP contribution in [0, 0.1) is 11.8 Å². The van der Waals surface area contributed by atoms with E-state index < -0.39 is 6.04 Å². The second kappa shape index (κ2) is 10.8. The molecular formula is C14H31N3O2. The molecule has 0 radical (unpaired) electrons. The Morgan fingerprint density at radius 3 is 1.47 bits per heavy atom. The molecule has 0 spiro atoms. The summed E-state index contributed by atoms with van der Waals surface area (Å²) in [6.07, 6.45) is 0. The van der Waals surface area contributed by atoms with Crippen molar-refractivity contribution in [3.63, 3.8) is 0 Å². The smallest absolute Gasteiger partial charge is 0.242 e. The topological polar surface area (TPSA) is 70.2 Å². The van der Waals surface area contributed by atoms with Crippen LogP contribution in [0.15, 0.2) is 0 Å². The fourth-order valence-electron chi connectivity index (χ4n) is 1.70. The van der Waals surface area contributed by atoms with Crippen LogP contribution in [-0.2, 0) is 9.59 Å². The van der Waals surface area contributed by atoms with Gasteiger partial charge >= 0.3 is 0 Å². The molecule has 5 nitrogen and oxygen atoms in total. The second-order valence-electron chi connectivity index (χ2n) is 4.85. The van der Waals surface area contributed by atoms with Crippen LogP contribution in [-0.4, -0.2) is 38.0 Å². The standard InChI is InChI=1S/C12H25N3O2.C2H6/c1-7(2)9(13-5)12(17)15-10(8(3)4)11(16)14-6;1-2/h7-10,13H,1-6H3,(H,14,16)(H,15,17);1-2H3/t9-,10-;/m0./s1. The van der Waals surface area contributed by atoms with Crippen molar-refractivity contribution in [3.05, 3.63) is 0 Å². The summed E-state index contributed by atoms with van der Waals surface area (Å²) in [5.41, 5.74) is 0. The lowest BCUT2D eigenvalue weighted by atomic mass is 10.00. The molecule has 0 aliphatic heterocycles. The fraction of sp³-hybridized carbons (Fsp3) is 0.857. The molecule has 19 heavy (non-hydrogen) atoms. The predicted molar refractivity (Wildman–Crippen MR) is 79.9 cm³/mol. The summed E-state index contributed by atoms with van der Waals surface area (Å²) in [7, 11) is 3.32. The van der Waals surface area contributed by atoms with E-state index in [1.807, 2.05) is 41.5 Å². The summed E-state index contributed by atoms with van der Waals surface area (Å²) in [5, 5.41) is 8.31. The van der Waals surface area contributed by atoms with Crippen LogP contribution in [0.4, 0.5) is 0 Å². The number of nitrogens with one attached hydrogen (secondary N) is 3. The van der Waals surface area contributed by atoms with Crippen molar-refractivity contribution in [2.75, 3.05) is 14.1 Å². The van der Waals surface area contributed by atoms with Gasteiger partial charge in [0.15, 0.2) is 0 Å². The average molecular weight is 273 g/mol. The number of hydrogen-bond donors (Lipinski definition) is 3. The number of likely N-dealkylation sites (N-methyl/N-ethyl adjacent to an activating group) is 2. The van der Waals surface area contributed by atoms with Crippen molar-refractivity contribution in [3.8, 4) is 0 Å². The van der Waals surface area contributed by atoms with Crippen molar-refractivity contribution in [2.24, 2.45) is 11.8 Å². The van der Waals surface area contributed by atoms with Gasteiger partial charge in [0.2, 0.25) is 11.8 Å². The Labute approximate surface area is 117 Å².